The molecule has 0 atom stereocenters. The predicted octanol–water partition coefficient (Wildman–Crippen LogP) is 2.09. The zero-order chi connectivity index (χ0) is 12.5. The second-order valence-corrected chi connectivity index (χ2v) is 4.39. The summed E-state index contributed by atoms with van der Waals surface area (Å²) in [5, 5.41) is 0.960. The summed E-state index contributed by atoms with van der Waals surface area (Å²) >= 11 is 0. The molecule has 1 amide bonds. The molecule has 0 unspecified atom stereocenters. The lowest BCUT2D eigenvalue weighted by molar-refractivity contribution is 0.0648. The first-order valence-corrected chi connectivity index (χ1v) is 6.01. The molecule has 0 N–H and O–H groups in total. The second-order valence-electron chi connectivity index (χ2n) is 4.39. The monoisotopic (exact) mass is 242 g/mol. The minimum absolute atomic E-state index is 0.0452. The van der Waals surface area contributed by atoms with E-state index in [2.05, 4.69) is 4.98 Å². The molecular formula is C14H14N2O2. The topological polar surface area (TPSA) is 42.4 Å². The van der Waals surface area contributed by atoms with Gasteiger partial charge in [0.1, 0.15) is 5.75 Å². The quantitative estimate of drug-likeness (QED) is 0.809. The molecule has 1 aliphatic rings. The Labute approximate surface area is 105 Å². The van der Waals surface area contributed by atoms with E-state index in [9.17, 15) is 4.79 Å². The predicted molar refractivity (Wildman–Crippen MR) is 68.8 cm³/mol. The summed E-state index contributed by atoms with van der Waals surface area (Å²) < 4.78 is 5.31. The smallest absolute Gasteiger partial charge is 0.257 e. The fourth-order valence-corrected chi connectivity index (χ4v) is 2.13. The lowest BCUT2D eigenvalue weighted by Crippen LogP contribution is -2.42. The molecular weight excluding hydrogens is 228 g/mol. The summed E-state index contributed by atoms with van der Waals surface area (Å²) in [6.07, 6.45) is 2.82. The Morgan fingerprint density at radius 2 is 2.22 bits per heavy atom. The fraction of sp³-hybridized carbons (Fsp3) is 0.286. The Balaban J connectivity index is 2.11. The third kappa shape index (κ3) is 1.70. The van der Waals surface area contributed by atoms with Gasteiger partial charge in [-0.15, -0.1) is 0 Å². The van der Waals surface area contributed by atoms with Gasteiger partial charge < -0.3 is 9.64 Å². The summed E-state index contributed by atoms with van der Waals surface area (Å²) in [6, 6.07) is 7.51. The van der Waals surface area contributed by atoms with Crippen molar-refractivity contribution in [3.05, 3.63) is 36.0 Å². The van der Waals surface area contributed by atoms with Crippen molar-refractivity contribution >= 4 is 16.8 Å². The van der Waals surface area contributed by atoms with Crippen LogP contribution in [0.2, 0.25) is 0 Å². The first-order valence-electron chi connectivity index (χ1n) is 6.01. The van der Waals surface area contributed by atoms with Crippen LogP contribution in [0.5, 0.6) is 5.75 Å². The van der Waals surface area contributed by atoms with Gasteiger partial charge in [-0.25, -0.2) is 0 Å². The van der Waals surface area contributed by atoms with Crippen LogP contribution in [-0.2, 0) is 0 Å². The Morgan fingerprint density at radius 3 is 2.89 bits per heavy atom. The maximum absolute atomic E-state index is 12.3. The van der Waals surface area contributed by atoms with Gasteiger partial charge in [0.05, 0.1) is 18.2 Å². The van der Waals surface area contributed by atoms with Crippen molar-refractivity contribution in [1.82, 2.24) is 9.88 Å². The maximum atomic E-state index is 12.3. The van der Waals surface area contributed by atoms with Crippen LogP contribution in [0.25, 0.3) is 10.9 Å². The van der Waals surface area contributed by atoms with E-state index >= 15 is 0 Å². The first-order chi connectivity index (χ1) is 8.79. The van der Waals surface area contributed by atoms with Crippen molar-refractivity contribution in [2.75, 3.05) is 20.2 Å². The van der Waals surface area contributed by atoms with Gasteiger partial charge in [0.25, 0.3) is 5.91 Å². The van der Waals surface area contributed by atoms with Gasteiger partial charge >= 0.3 is 0 Å². The number of hydrogen-bond acceptors (Lipinski definition) is 3. The number of methoxy groups -OCH3 is 1. The number of fused-ring (bicyclic) bond motifs is 1. The van der Waals surface area contributed by atoms with Crippen molar-refractivity contribution in [2.24, 2.45) is 0 Å². The van der Waals surface area contributed by atoms with Gasteiger partial charge in [0.2, 0.25) is 0 Å². The summed E-state index contributed by atoms with van der Waals surface area (Å²) in [6.45, 7) is 1.68. The first kappa shape index (κ1) is 11.0. The molecule has 3 rings (SSSR count). The number of nitrogens with zero attached hydrogens (tertiary/aromatic N) is 2. The van der Waals surface area contributed by atoms with Gasteiger partial charge in [0.15, 0.2) is 0 Å². The van der Waals surface area contributed by atoms with Crippen LogP contribution in [0.1, 0.15) is 16.8 Å². The molecule has 4 heteroatoms. The van der Waals surface area contributed by atoms with Crippen molar-refractivity contribution in [1.29, 1.82) is 0 Å². The summed E-state index contributed by atoms with van der Waals surface area (Å²) in [7, 11) is 1.58. The van der Waals surface area contributed by atoms with E-state index in [1.165, 1.54) is 0 Å². The zero-order valence-electron chi connectivity index (χ0n) is 10.2. The number of pyridine rings is 1. The molecule has 1 aromatic heterocycles. The SMILES string of the molecule is COc1cc2ncccc2cc1C(=O)N1CCC1. The molecule has 4 nitrogen and oxygen atoms in total. The van der Waals surface area contributed by atoms with Crippen LogP contribution in [-0.4, -0.2) is 36.0 Å². The Kier molecular flexibility index (Phi) is 2.63. The van der Waals surface area contributed by atoms with Gasteiger partial charge in [-0.1, -0.05) is 6.07 Å². The number of carbonyl (C=O) groups excluding carboxylic acids is 1. The van der Waals surface area contributed by atoms with Crippen molar-refractivity contribution in [3.63, 3.8) is 0 Å². The largest absolute Gasteiger partial charge is 0.496 e. The van der Waals surface area contributed by atoms with Crippen LogP contribution < -0.4 is 4.74 Å². The molecule has 0 aliphatic carbocycles. The van der Waals surface area contributed by atoms with E-state index in [0.29, 0.717) is 11.3 Å². The Morgan fingerprint density at radius 1 is 1.39 bits per heavy atom. The molecule has 0 radical (unpaired) electrons. The van der Waals surface area contributed by atoms with Crippen LogP contribution in [0.3, 0.4) is 0 Å². The zero-order valence-corrected chi connectivity index (χ0v) is 10.2. The molecule has 0 bridgehead atoms. The van der Waals surface area contributed by atoms with Crippen LogP contribution in [0.4, 0.5) is 0 Å². The van der Waals surface area contributed by atoms with Crippen LogP contribution >= 0.6 is 0 Å². The highest BCUT2D eigenvalue weighted by Gasteiger charge is 2.24. The van der Waals surface area contributed by atoms with E-state index in [1.807, 2.05) is 29.2 Å². The highest BCUT2D eigenvalue weighted by atomic mass is 16.5. The Hall–Kier alpha value is -2.10. The summed E-state index contributed by atoms with van der Waals surface area (Å²) in [5.74, 6) is 0.641. The lowest BCUT2D eigenvalue weighted by atomic mass is 10.1. The third-order valence-electron chi connectivity index (χ3n) is 3.30. The number of rotatable bonds is 2. The molecule has 1 saturated heterocycles. The number of aromatic nitrogens is 1. The molecule has 2 aromatic rings. The van der Waals surface area contributed by atoms with Crippen molar-refractivity contribution in [2.45, 2.75) is 6.42 Å². The molecule has 0 spiro atoms. The molecule has 1 aliphatic heterocycles. The number of benzene rings is 1. The third-order valence-corrected chi connectivity index (χ3v) is 3.30. The highest BCUT2D eigenvalue weighted by Crippen LogP contribution is 2.27. The maximum Gasteiger partial charge on any atom is 0.257 e. The minimum atomic E-state index is 0.0452. The van der Waals surface area contributed by atoms with E-state index in [0.717, 1.165) is 30.4 Å². The van der Waals surface area contributed by atoms with Crippen LogP contribution in [0.15, 0.2) is 30.5 Å². The summed E-state index contributed by atoms with van der Waals surface area (Å²) in [4.78, 5) is 18.4. The fourth-order valence-electron chi connectivity index (χ4n) is 2.13. The van der Waals surface area contributed by atoms with Crippen LogP contribution in [0, 0.1) is 0 Å². The standard InChI is InChI=1S/C14H14N2O2/c1-18-13-9-12-10(4-2-5-15-12)8-11(13)14(17)16-6-3-7-16/h2,4-5,8-9H,3,6-7H2,1H3. The molecule has 92 valence electrons. The molecule has 0 saturated carbocycles. The molecule has 2 heterocycles. The number of likely N-dealkylation sites (tertiary alicyclic amines) is 1. The number of amides is 1. The normalized spacial score (nSPS) is 14.4. The molecule has 18 heavy (non-hydrogen) atoms. The minimum Gasteiger partial charge on any atom is -0.496 e. The molecule has 1 aromatic carbocycles. The van der Waals surface area contributed by atoms with Crippen molar-refractivity contribution < 1.29 is 9.53 Å². The van der Waals surface area contributed by atoms with E-state index in [1.54, 1.807) is 13.3 Å². The number of hydrogen-bond donors (Lipinski definition) is 0. The average molecular weight is 242 g/mol. The second kappa shape index (κ2) is 4.29. The summed E-state index contributed by atoms with van der Waals surface area (Å²) in [5.41, 5.74) is 1.47. The van der Waals surface area contributed by atoms with Gasteiger partial charge in [-0.2, -0.15) is 0 Å². The van der Waals surface area contributed by atoms with E-state index in [-0.39, 0.29) is 5.91 Å². The van der Waals surface area contributed by atoms with Gasteiger partial charge in [-0.3, -0.25) is 9.78 Å². The Bertz CT molecular complexity index is 606. The van der Waals surface area contributed by atoms with Crippen molar-refractivity contribution in [3.8, 4) is 5.75 Å². The number of carbonyl (C=O) groups is 1. The number of ether oxygens (including phenoxy) is 1. The van der Waals surface area contributed by atoms with E-state index in [4.69, 9.17) is 4.74 Å². The van der Waals surface area contributed by atoms with Gasteiger partial charge in [0, 0.05) is 30.7 Å². The van der Waals surface area contributed by atoms with E-state index < -0.39 is 0 Å². The highest BCUT2D eigenvalue weighted by molar-refractivity contribution is 6.01. The van der Waals surface area contributed by atoms with Gasteiger partial charge in [-0.05, 0) is 18.6 Å². The molecule has 1 fully saturated rings. The lowest BCUT2D eigenvalue weighted by Gasteiger charge is -2.31. The average Bonchev–Trinajstić information content (AvgIpc) is 2.35.